The van der Waals surface area contributed by atoms with Crippen LogP contribution in [-0.2, 0) is 0 Å². The van der Waals surface area contributed by atoms with Crippen LogP contribution in [0.2, 0.25) is 0 Å². The van der Waals surface area contributed by atoms with E-state index in [2.05, 4.69) is 4.98 Å². The van der Waals surface area contributed by atoms with Gasteiger partial charge in [0.1, 0.15) is 17.3 Å². The molecular formula is C20H14N2O3. The zero-order valence-corrected chi connectivity index (χ0v) is 13.2. The first-order valence-electron chi connectivity index (χ1n) is 7.75. The molecule has 0 bridgehead atoms. The van der Waals surface area contributed by atoms with E-state index in [4.69, 9.17) is 4.42 Å². The second-order valence-electron chi connectivity index (χ2n) is 5.49. The van der Waals surface area contributed by atoms with Gasteiger partial charge in [-0.2, -0.15) is 0 Å². The van der Waals surface area contributed by atoms with Crippen LogP contribution in [0.5, 0.6) is 5.75 Å². The van der Waals surface area contributed by atoms with Crippen LogP contribution in [0.1, 0.15) is 11.6 Å². The van der Waals surface area contributed by atoms with E-state index in [1.165, 1.54) is 16.7 Å². The number of fused-ring (bicyclic) bond motifs is 1. The quantitative estimate of drug-likeness (QED) is 0.619. The Hall–Kier alpha value is -3.60. The van der Waals surface area contributed by atoms with Gasteiger partial charge in [0.05, 0.1) is 22.9 Å². The van der Waals surface area contributed by atoms with Gasteiger partial charge >= 0.3 is 0 Å². The van der Waals surface area contributed by atoms with Crippen molar-refractivity contribution in [1.29, 1.82) is 0 Å². The van der Waals surface area contributed by atoms with E-state index in [1.54, 1.807) is 42.7 Å². The highest BCUT2D eigenvalue weighted by Crippen LogP contribution is 2.17. The summed E-state index contributed by atoms with van der Waals surface area (Å²) in [6.45, 7) is 0. The van der Waals surface area contributed by atoms with E-state index >= 15 is 0 Å². The standard InChI is InChI=1S/C20H14N2O3/c23-15-9-7-14(8-10-15)22-19(12-11-16-4-3-13-25-16)21-18-6-2-1-5-17(18)20(22)24/h1-13,23H/b12-11+. The number of rotatable bonds is 3. The van der Waals surface area contributed by atoms with Crippen molar-refractivity contribution in [1.82, 2.24) is 9.55 Å². The molecule has 0 aliphatic carbocycles. The van der Waals surface area contributed by atoms with Crippen molar-refractivity contribution >= 4 is 23.1 Å². The Balaban J connectivity index is 1.97. The molecular weight excluding hydrogens is 316 g/mol. The molecule has 4 aromatic rings. The van der Waals surface area contributed by atoms with E-state index in [1.807, 2.05) is 24.3 Å². The lowest BCUT2D eigenvalue weighted by molar-refractivity contribution is 0.475. The average molecular weight is 330 g/mol. The van der Waals surface area contributed by atoms with Crippen LogP contribution >= 0.6 is 0 Å². The third-order valence-electron chi connectivity index (χ3n) is 3.85. The SMILES string of the molecule is O=c1c2ccccc2nc(/C=C/c2ccco2)n1-c1ccc(O)cc1. The van der Waals surface area contributed by atoms with Gasteiger partial charge in [0.25, 0.3) is 5.56 Å². The number of hydrogen-bond acceptors (Lipinski definition) is 4. The highest BCUT2D eigenvalue weighted by Gasteiger charge is 2.11. The molecule has 0 amide bonds. The lowest BCUT2D eigenvalue weighted by Gasteiger charge is -2.11. The lowest BCUT2D eigenvalue weighted by atomic mass is 10.2. The van der Waals surface area contributed by atoms with Gasteiger partial charge in [-0.05, 0) is 60.7 Å². The molecule has 0 saturated carbocycles. The molecule has 0 unspecified atom stereocenters. The first-order valence-corrected chi connectivity index (χ1v) is 7.75. The second kappa shape index (κ2) is 6.13. The van der Waals surface area contributed by atoms with Crippen LogP contribution in [0.25, 0.3) is 28.7 Å². The number of phenols is 1. The molecule has 2 aromatic heterocycles. The van der Waals surface area contributed by atoms with E-state index in [0.29, 0.717) is 28.2 Å². The molecule has 1 N–H and O–H groups in total. The largest absolute Gasteiger partial charge is 0.508 e. The van der Waals surface area contributed by atoms with Crippen molar-refractivity contribution in [3.05, 3.63) is 88.9 Å². The molecule has 25 heavy (non-hydrogen) atoms. The van der Waals surface area contributed by atoms with E-state index in [0.717, 1.165) is 0 Å². The molecule has 0 aliphatic heterocycles. The second-order valence-corrected chi connectivity index (χ2v) is 5.49. The molecule has 0 radical (unpaired) electrons. The predicted octanol–water partition coefficient (Wildman–Crippen LogP) is 3.85. The lowest BCUT2D eigenvalue weighted by Crippen LogP contribution is -2.22. The van der Waals surface area contributed by atoms with Gasteiger partial charge in [-0.25, -0.2) is 4.98 Å². The molecule has 0 atom stereocenters. The molecule has 2 heterocycles. The van der Waals surface area contributed by atoms with Crippen molar-refractivity contribution in [2.75, 3.05) is 0 Å². The van der Waals surface area contributed by atoms with Crippen LogP contribution in [-0.4, -0.2) is 14.7 Å². The minimum absolute atomic E-state index is 0.137. The summed E-state index contributed by atoms with van der Waals surface area (Å²) in [6.07, 6.45) is 5.08. The fourth-order valence-corrected chi connectivity index (χ4v) is 2.66. The zero-order chi connectivity index (χ0) is 17.2. The Labute approximate surface area is 143 Å². The third kappa shape index (κ3) is 2.83. The van der Waals surface area contributed by atoms with Crippen molar-refractivity contribution < 1.29 is 9.52 Å². The fourth-order valence-electron chi connectivity index (χ4n) is 2.66. The normalized spacial score (nSPS) is 11.4. The van der Waals surface area contributed by atoms with E-state index < -0.39 is 0 Å². The number of phenolic OH excluding ortho intramolecular Hbond substituents is 1. The van der Waals surface area contributed by atoms with Crippen LogP contribution in [0, 0.1) is 0 Å². The summed E-state index contributed by atoms with van der Waals surface area (Å²) in [5, 5.41) is 10.0. The number of benzene rings is 2. The summed E-state index contributed by atoms with van der Waals surface area (Å²) in [5.41, 5.74) is 1.08. The Bertz CT molecular complexity index is 1110. The Kier molecular flexibility index (Phi) is 3.67. The predicted molar refractivity (Wildman–Crippen MR) is 96.6 cm³/mol. The van der Waals surface area contributed by atoms with Crippen LogP contribution in [0.4, 0.5) is 0 Å². The number of furan rings is 1. The molecule has 4 rings (SSSR count). The summed E-state index contributed by atoms with van der Waals surface area (Å²) in [4.78, 5) is 17.6. The zero-order valence-electron chi connectivity index (χ0n) is 13.2. The Morgan fingerprint density at radius 2 is 1.76 bits per heavy atom. The summed E-state index contributed by atoms with van der Waals surface area (Å²) < 4.78 is 6.81. The molecule has 0 spiro atoms. The van der Waals surface area contributed by atoms with Gasteiger partial charge in [0.15, 0.2) is 0 Å². The van der Waals surface area contributed by atoms with Gasteiger partial charge in [0.2, 0.25) is 0 Å². The maximum absolute atomic E-state index is 13.0. The van der Waals surface area contributed by atoms with E-state index in [-0.39, 0.29) is 11.3 Å². The monoisotopic (exact) mass is 330 g/mol. The van der Waals surface area contributed by atoms with Gasteiger partial charge < -0.3 is 9.52 Å². The smallest absolute Gasteiger partial charge is 0.266 e. The number of hydrogen-bond donors (Lipinski definition) is 1. The van der Waals surface area contributed by atoms with Crippen molar-refractivity contribution in [2.45, 2.75) is 0 Å². The third-order valence-corrected chi connectivity index (χ3v) is 3.85. The summed E-state index contributed by atoms with van der Waals surface area (Å²) in [6, 6.07) is 17.3. The minimum atomic E-state index is -0.171. The maximum Gasteiger partial charge on any atom is 0.266 e. The minimum Gasteiger partial charge on any atom is -0.508 e. The molecule has 0 aliphatic rings. The van der Waals surface area contributed by atoms with Gasteiger partial charge in [0, 0.05) is 0 Å². The number of nitrogens with zero attached hydrogens (tertiary/aromatic N) is 2. The van der Waals surface area contributed by atoms with E-state index in [9.17, 15) is 9.90 Å². The highest BCUT2D eigenvalue weighted by atomic mass is 16.3. The highest BCUT2D eigenvalue weighted by molar-refractivity contribution is 5.79. The maximum atomic E-state index is 13.0. The molecule has 2 aromatic carbocycles. The topological polar surface area (TPSA) is 68.3 Å². The first-order chi connectivity index (χ1) is 12.2. The van der Waals surface area contributed by atoms with Gasteiger partial charge in [-0.1, -0.05) is 12.1 Å². The van der Waals surface area contributed by atoms with Crippen LogP contribution in [0.3, 0.4) is 0 Å². The van der Waals surface area contributed by atoms with Crippen LogP contribution < -0.4 is 5.56 Å². The molecule has 5 heteroatoms. The van der Waals surface area contributed by atoms with Gasteiger partial charge in [-0.15, -0.1) is 0 Å². The summed E-state index contributed by atoms with van der Waals surface area (Å²) >= 11 is 0. The number of aromatic nitrogens is 2. The van der Waals surface area contributed by atoms with Crippen molar-refractivity contribution in [3.8, 4) is 11.4 Å². The molecule has 0 fully saturated rings. The van der Waals surface area contributed by atoms with Crippen LogP contribution in [0.15, 0.2) is 76.1 Å². The molecule has 122 valence electrons. The summed E-state index contributed by atoms with van der Waals surface area (Å²) in [7, 11) is 0. The Morgan fingerprint density at radius 1 is 0.960 bits per heavy atom. The fraction of sp³-hybridized carbons (Fsp3) is 0. The number of aromatic hydroxyl groups is 1. The molecule has 0 saturated heterocycles. The van der Waals surface area contributed by atoms with Crippen molar-refractivity contribution in [3.63, 3.8) is 0 Å². The van der Waals surface area contributed by atoms with Crippen molar-refractivity contribution in [2.24, 2.45) is 0 Å². The summed E-state index contributed by atoms with van der Waals surface area (Å²) in [5.74, 6) is 1.28. The average Bonchev–Trinajstić information content (AvgIpc) is 3.15. The number of para-hydroxylation sites is 1. The Morgan fingerprint density at radius 3 is 2.52 bits per heavy atom. The molecule has 5 nitrogen and oxygen atoms in total. The van der Waals surface area contributed by atoms with Gasteiger partial charge in [-0.3, -0.25) is 9.36 Å². The first kappa shape index (κ1) is 15.0.